The first-order valence-corrected chi connectivity index (χ1v) is 5.72. The largest absolute Gasteiger partial charge is 0.493 e. The first kappa shape index (κ1) is 12.6. The van der Waals surface area contributed by atoms with Crippen LogP contribution in [0.2, 0.25) is 0 Å². The van der Waals surface area contributed by atoms with E-state index in [0.29, 0.717) is 18.9 Å². The number of allylic oxidation sites excluding steroid dienone is 1. The van der Waals surface area contributed by atoms with Crippen LogP contribution >= 0.6 is 11.6 Å². The first-order chi connectivity index (χ1) is 7.86. The summed E-state index contributed by atoms with van der Waals surface area (Å²) in [6, 6.07) is 9.79. The number of halogens is 1. The third-order valence-corrected chi connectivity index (χ3v) is 2.17. The maximum absolute atomic E-state index is 8.36. The number of nitrogens with zero attached hydrogens (tertiary/aromatic N) is 1. The molecule has 0 N–H and O–H groups in total. The number of ether oxygens (including phenoxy) is 1. The molecule has 1 aromatic carbocycles. The molecule has 0 aromatic heterocycles. The molecular weight excluding hydrogens is 222 g/mol. The van der Waals surface area contributed by atoms with Gasteiger partial charge in [-0.25, -0.2) is 0 Å². The summed E-state index contributed by atoms with van der Waals surface area (Å²) in [6.45, 7) is 0.442. The second-order valence-corrected chi connectivity index (χ2v) is 3.58. The van der Waals surface area contributed by atoms with Crippen LogP contribution in [0.4, 0.5) is 0 Å². The SMILES string of the molecule is N#CCCOc1ccc(C=CCCCl)cc1. The highest BCUT2D eigenvalue weighted by Crippen LogP contribution is 2.13. The molecule has 2 nitrogen and oxygen atoms in total. The normalized spacial score (nSPS) is 10.2. The smallest absolute Gasteiger partial charge is 0.119 e. The minimum atomic E-state index is 0.414. The lowest BCUT2D eigenvalue weighted by atomic mass is 10.2. The van der Waals surface area contributed by atoms with Crippen molar-refractivity contribution in [2.45, 2.75) is 12.8 Å². The fourth-order valence-electron chi connectivity index (χ4n) is 1.17. The Balaban J connectivity index is 2.45. The molecule has 0 aliphatic carbocycles. The minimum Gasteiger partial charge on any atom is -0.493 e. The van der Waals surface area contributed by atoms with Gasteiger partial charge in [0.2, 0.25) is 0 Å². The molecule has 16 heavy (non-hydrogen) atoms. The maximum Gasteiger partial charge on any atom is 0.119 e. The molecule has 3 heteroatoms. The lowest BCUT2D eigenvalue weighted by molar-refractivity contribution is 0.326. The van der Waals surface area contributed by atoms with Crippen molar-refractivity contribution in [3.8, 4) is 11.8 Å². The molecule has 0 saturated heterocycles. The molecule has 1 aromatic rings. The quantitative estimate of drug-likeness (QED) is 0.557. The molecule has 0 saturated carbocycles. The zero-order valence-electron chi connectivity index (χ0n) is 9.03. The van der Waals surface area contributed by atoms with Crippen LogP contribution in [0.1, 0.15) is 18.4 Å². The standard InChI is InChI=1S/C13H14ClNO/c14-9-2-1-4-12-5-7-13(8-6-12)16-11-3-10-15/h1,4-8H,2-3,9,11H2. The number of alkyl halides is 1. The number of nitriles is 1. The average molecular weight is 236 g/mol. The van der Waals surface area contributed by atoms with E-state index in [0.717, 1.165) is 17.7 Å². The van der Waals surface area contributed by atoms with Gasteiger partial charge < -0.3 is 4.74 Å². The fraction of sp³-hybridized carbons (Fsp3) is 0.308. The van der Waals surface area contributed by atoms with Crippen molar-refractivity contribution in [3.05, 3.63) is 35.9 Å². The van der Waals surface area contributed by atoms with Gasteiger partial charge >= 0.3 is 0 Å². The Morgan fingerprint density at radius 1 is 1.31 bits per heavy atom. The second-order valence-electron chi connectivity index (χ2n) is 3.21. The van der Waals surface area contributed by atoms with Crippen LogP contribution in [-0.4, -0.2) is 12.5 Å². The lowest BCUT2D eigenvalue weighted by Gasteiger charge is -2.03. The summed E-state index contributed by atoms with van der Waals surface area (Å²) in [5, 5.41) is 8.36. The van der Waals surface area contributed by atoms with Crippen molar-refractivity contribution >= 4 is 17.7 Å². The topological polar surface area (TPSA) is 33.0 Å². The van der Waals surface area contributed by atoms with Crippen molar-refractivity contribution in [2.75, 3.05) is 12.5 Å². The molecule has 1 rings (SSSR count). The van der Waals surface area contributed by atoms with Gasteiger partial charge in [0, 0.05) is 5.88 Å². The maximum atomic E-state index is 8.36. The predicted octanol–water partition coefficient (Wildman–Crippen LogP) is 3.62. The molecule has 0 aliphatic heterocycles. The zero-order valence-corrected chi connectivity index (χ0v) is 9.78. The van der Waals surface area contributed by atoms with E-state index in [9.17, 15) is 0 Å². The molecule has 0 atom stereocenters. The monoisotopic (exact) mass is 235 g/mol. The van der Waals surface area contributed by atoms with Crippen LogP contribution in [0, 0.1) is 11.3 Å². The van der Waals surface area contributed by atoms with Crippen LogP contribution in [-0.2, 0) is 0 Å². The van der Waals surface area contributed by atoms with Crippen LogP contribution in [0.3, 0.4) is 0 Å². The summed E-state index contributed by atoms with van der Waals surface area (Å²) in [7, 11) is 0. The van der Waals surface area contributed by atoms with Crippen molar-refractivity contribution in [1.29, 1.82) is 5.26 Å². The number of rotatable bonds is 6. The van der Waals surface area contributed by atoms with E-state index in [4.69, 9.17) is 21.6 Å². The Morgan fingerprint density at radius 2 is 2.06 bits per heavy atom. The van der Waals surface area contributed by atoms with E-state index in [1.165, 1.54) is 0 Å². The van der Waals surface area contributed by atoms with Crippen LogP contribution < -0.4 is 4.74 Å². The zero-order chi connectivity index (χ0) is 11.6. The van der Waals surface area contributed by atoms with Gasteiger partial charge in [0.05, 0.1) is 12.5 Å². The van der Waals surface area contributed by atoms with E-state index >= 15 is 0 Å². The molecular formula is C13H14ClNO. The van der Waals surface area contributed by atoms with Crippen LogP contribution in [0.15, 0.2) is 30.3 Å². The van der Waals surface area contributed by atoms with E-state index in [1.807, 2.05) is 42.5 Å². The summed E-state index contributed by atoms with van der Waals surface area (Å²) in [5.74, 6) is 1.44. The molecule has 0 fully saturated rings. The van der Waals surface area contributed by atoms with Crippen molar-refractivity contribution < 1.29 is 4.74 Å². The van der Waals surface area contributed by atoms with Crippen molar-refractivity contribution in [3.63, 3.8) is 0 Å². The van der Waals surface area contributed by atoms with Gasteiger partial charge in [-0.1, -0.05) is 24.3 Å². The fourth-order valence-corrected chi connectivity index (χ4v) is 1.30. The molecule has 0 amide bonds. The Hall–Kier alpha value is -1.46. The molecule has 0 aliphatic rings. The van der Waals surface area contributed by atoms with Gasteiger partial charge in [-0.3, -0.25) is 0 Å². The third-order valence-electron chi connectivity index (χ3n) is 1.95. The van der Waals surface area contributed by atoms with Crippen LogP contribution in [0.25, 0.3) is 6.08 Å². The number of hydrogen-bond donors (Lipinski definition) is 0. The summed E-state index contributed by atoms with van der Waals surface area (Å²) >= 11 is 5.57. The third kappa shape index (κ3) is 4.86. The van der Waals surface area contributed by atoms with Gasteiger partial charge in [-0.2, -0.15) is 5.26 Å². The van der Waals surface area contributed by atoms with Gasteiger partial charge in [-0.15, -0.1) is 11.6 Å². The second kappa shape index (κ2) is 7.78. The Bertz CT molecular complexity index is 365. The lowest BCUT2D eigenvalue weighted by Crippen LogP contribution is -1.95. The average Bonchev–Trinajstić information content (AvgIpc) is 2.32. The Labute approximate surface area is 101 Å². The molecule has 84 valence electrons. The van der Waals surface area contributed by atoms with Gasteiger partial charge in [0.25, 0.3) is 0 Å². The van der Waals surface area contributed by atoms with Gasteiger partial charge in [0.15, 0.2) is 0 Å². The summed E-state index contributed by atoms with van der Waals surface area (Å²) < 4.78 is 5.36. The molecule has 0 radical (unpaired) electrons. The first-order valence-electron chi connectivity index (χ1n) is 5.19. The highest BCUT2D eigenvalue weighted by Gasteiger charge is 1.92. The minimum absolute atomic E-state index is 0.414. The summed E-state index contributed by atoms with van der Waals surface area (Å²) in [5.41, 5.74) is 1.12. The van der Waals surface area contributed by atoms with Gasteiger partial charge in [0.1, 0.15) is 12.4 Å². The van der Waals surface area contributed by atoms with Crippen molar-refractivity contribution in [1.82, 2.24) is 0 Å². The van der Waals surface area contributed by atoms with E-state index < -0.39 is 0 Å². The molecule has 0 unspecified atom stereocenters. The van der Waals surface area contributed by atoms with Crippen molar-refractivity contribution in [2.24, 2.45) is 0 Å². The number of hydrogen-bond acceptors (Lipinski definition) is 2. The van der Waals surface area contributed by atoms with E-state index in [2.05, 4.69) is 0 Å². The van der Waals surface area contributed by atoms with E-state index in [-0.39, 0.29) is 0 Å². The predicted molar refractivity (Wildman–Crippen MR) is 66.5 cm³/mol. The molecule has 0 heterocycles. The summed E-state index contributed by atoms with van der Waals surface area (Å²) in [4.78, 5) is 0. The Kier molecular flexibility index (Phi) is 6.13. The molecule has 0 spiro atoms. The van der Waals surface area contributed by atoms with Gasteiger partial charge in [-0.05, 0) is 24.1 Å². The highest BCUT2D eigenvalue weighted by atomic mass is 35.5. The molecule has 0 bridgehead atoms. The summed E-state index contributed by atoms with van der Waals surface area (Å²) in [6.07, 6.45) is 5.36. The highest BCUT2D eigenvalue weighted by molar-refractivity contribution is 6.17. The Morgan fingerprint density at radius 3 is 2.69 bits per heavy atom. The van der Waals surface area contributed by atoms with E-state index in [1.54, 1.807) is 0 Å². The number of benzene rings is 1. The van der Waals surface area contributed by atoms with Crippen LogP contribution in [0.5, 0.6) is 5.75 Å².